The van der Waals surface area contributed by atoms with E-state index in [0.29, 0.717) is 5.92 Å². The Hall–Kier alpha value is -0.770. The van der Waals surface area contributed by atoms with Crippen LogP contribution in [0.2, 0.25) is 0 Å². The van der Waals surface area contributed by atoms with Crippen LogP contribution in [0, 0.1) is 5.92 Å². The zero-order valence-corrected chi connectivity index (χ0v) is 11.9. The highest BCUT2D eigenvalue weighted by Gasteiger charge is 2.29. The van der Waals surface area contributed by atoms with E-state index in [1.807, 2.05) is 0 Å². The Bertz CT molecular complexity index is 301. The van der Waals surface area contributed by atoms with Gasteiger partial charge in [-0.1, -0.05) is 30.8 Å². The summed E-state index contributed by atoms with van der Waals surface area (Å²) in [5.74, 6) is 0.504. The molecule has 5 heteroatoms. The number of azide groups is 1. The predicted molar refractivity (Wildman–Crippen MR) is 77.8 cm³/mol. The normalized spacial score (nSPS) is 25.5. The molecule has 0 amide bonds. The van der Waals surface area contributed by atoms with Crippen molar-refractivity contribution in [2.45, 2.75) is 63.5 Å². The van der Waals surface area contributed by atoms with Gasteiger partial charge in [-0.15, -0.1) is 0 Å². The summed E-state index contributed by atoms with van der Waals surface area (Å²) in [7, 11) is 0. The van der Waals surface area contributed by atoms with E-state index in [-0.39, 0.29) is 12.1 Å². The number of likely N-dealkylation sites (tertiary alicyclic amines) is 1. The lowest BCUT2D eigenvalue weighted by molar-refractivity contribution is 0.186. The zero-order valence-electron chi connectivity index (χ0n) is 11.9. The maximum Gasteiger partial charge on any atom is 0.0565 e. The van der Waals surface area contributed by atoms with Crippen molar-refractivity contribution < 1.29 is 0 Å². The summed E-state index contributed by atoms with van der Waals surface area (Å²) in [5.41, 5.74) is 15.2. The lowest BCUT2D eigenvalue weighted by Gasteiger charge is -2.35. The van der Waals surface area contributed by atoms with Crippen LogP contribution in [0.25, 0.3) is 10.4 Å². The molecule has 0 aromatic heterocycles. The van der Waals surface area contributed by atoms with Crippen molar-refractivity contribution in [1.29, 1.82) is 0 Å². The Balaban J connectivity index is 1.90. The smallest absolute Gasteiger partial charge is 0.0565 e. The van der Waals surface area contributed by atoms with Gasteiger partial charge < -0.3 is 10.6 Å². The number of nitrogens with zero attached hydrogens (tertiary/aromatic N) is 4. The van der Waals surface area contributed by atoms with E-state index in [4.69, 9.17) is 11.3 Å². The molecule has 0 unspecified atom stereocenters. The van der Waals surface area contributed by atoms with Gasteiger partial charge in [0.1, 0.15) is 0 Å². The van der Waals surface area contributed by atoms with Crippen LogP contribution in [0.4, 0.5) is 0 Å². The third-order valence-corrected chi connectivity index (χ3v) is 4.67. The van der Waals surface area contributed by atoms with E-state index in [1.165, 1.54) is 51.4 Å². The average Bonchev–Trinajstić information content (AvgIpc) is 2.46. The Morgan fingerprint density at radius 1 is 1.11 bits per heavy atom. The van der Waals surface area contributed by atoms with Crippen molar-refractivity contribution in [1.82, 2.24) is 4.90 Å². The molecule has 0 radical (unpaired) electrons. The van der Waals surface area contributed by atoms with E-state index in [0.717, 1.165) is 19.6 Å². The van der Waals surface area contributed by atoms with Crippen LogP contribution in [0.15, 0.2) is 5.11 Å². The Labute approximate surface area is 116 Å². The van der Waals surface area contributed by atoms with Crippen molar-refractivity contribution in [2.24, 2.45) is 16.8 Å². The second kappa shape index (κ2) is 7.73. The van der Waals surface area contributed by atoms with E-state index in [2.05, 4.69) is 14.9 Å². The molecule has 1 saturated carbocycles. The number of nitrogens with two attached hydrogens (primary N) is 1. The topological polar surface area (TPSA) is 78.0 Å². The SMILES string of the molecule is [N-]=[N+]=N[C@@H](C1CCCCC1)[C@H](N)CN1CCCCC1. The highest BCUT2D eigenvalue weighted by atomic mass is 15.2. The average molecular weight is 265 g/mol. The predicted octanol–water partition coefficient (Wildman–Crippen LogP) is 3.06. The van der Waals surface area contributed by atoms with Crippen LogP contribution in [0.3, 0.4) is 0 Å². The van der Waals surface area contributed by atoms with Gasteiger partial charge in [-0.05, 0) is 50.2 Å². The zero-order chi connectivity index (χ0) is 13.5. The summed E-state index contributed by atoms with van der Waals surface area (Å²) in [4.78, 5) is 5.49. The first kappa shape index (κ1) is 14.6. The Kier molecular flexibility index (Phi) is 5.95. The Morgan fingerprint density at radius 2 is 1.74 bits per heavy atom. The molecule has 1 aliphatic heterocycles. The summed E-state index contributed by atoms with van der Waals surface area (Å²) in [6.07, 6.45) is 10.1. The van der Waals surface area contributed by atoms with Crippen LogP contribution in [0.1, 0.15) is 51.4 Å². The molecular weight excluding hydrogens is 238 g/mol. The molecule has 0 aromatic rings. The summed E-state index contributed by atoms with van der Waals surface area (Å²) in [6.45, 7) is 3.20. The first-order valence-corrected chi connectivity index (χ1v) is 7.83. The lowest BCUT2D eigenvalue weighted by atomic mass is 9.81. The van der Waals surface area contributed by atoms with E-state index in [9.17, 15) is 0 Å². The second-order valence-corrected chi connectivity index (χ2v) is 6.12. The van der Waals surface area contributed by atoms with Crippen LogP contribution in [-0.4, -0.2) is 36.6 Å². The fraction of sp³-hybridized carbons (Fsp3) is 1.00. The fourth-order valence-corrected chi connectivity index (χ4v) is 3.61. The van der Waals surface area contributed by atoms with Gasteiger partial charge in [0.25, 0.3) is 0 Å². The van der Waals surface area contributed by atoms with Gasteiger partial charge >= 0.3 is 0 Å². The highest BCUT2D eigenvalue weighted by molar-refractivity contribution is 4.89. The fourth-order valence-electron chi connectivity index (χ4n) is 3.61. The lowest BCUT2D eigenvalue weighted by Crippen LogP contribution is -2.48. The minimum absolute atomic E-state index is 0.00269. The highest BCUT2D eigenvalue weighted by Crippen LogP contribution is 2.29. The van der Waals surface area contributed by atoms with Crippen LogP contribution >= 0.6 is 0 Å². The number of piperidine rings is 1. The molecule has 1 aliphatic carbocycles. The molecule has 2 rings (SSSR count). The minimum Gasteiger partial charge on any atom is -0.326 e. The molecule has 19 heavy (non-hydrogen) atoms. The van der Waals surface area contributed by atoms with Crippen molar-refractivity contribution in [3.63, 3.8) is 0 Å². The van der Waals surface area contributed by atoms with Gasteiger partial charge in [-0.25, -0.2) is 0 Å². The summed E-state index contributed by atoms with van der Waals surface area (Å²) in [6, 6.07) is -0.00988. The van der Waals surface area contributed by atoms with Crippen LogP contribution in [0.5, 0.6) is 0 Å². The van der Waals surface area contributed by atoms with Crippen molar-refractivity contribution in [2.75, 3.05) is 19.6 Å². The van der Waals surface area contributed by atoms with Crippen LogP contribution < -0.4 is 5.73 Å². The molecule has 2 atom stereocenters. The van der Waals surface area contributed by atoms with E-state index >= 15 is 0 Å². The molecule has 0 bridgehead atoms. The first-order chi connectivity index (χ1) is 9.31. The first-order valence-electron chi connectivity index (χ1n) is 7.83. The summed E-state index contributed by atoms with van der Waals surface area (Å²) >= 11 is 0. The van der Waals surface area contributed by atoms with Gasteiger partial charge in [0.05, 0.1) is 6.04 Å². The number of hydrogen-bond acceptors (Lipinski definition) is 3. The Morgan fingerprint density at radius 3 is 2.37 bits per heavy atom. The van der Waals surface area contributed by atoms with Crippen molar-refractivity contribution in [3.05, 3.63) is 10.4 Å². The molecule has 0 spiro atoms. The number of hydrogen-bond donors (Lipinski definition) is 1. The van der Waals surface area contributed by atoms with Gasteiger partial charge in [-0.2, -0.15) is 0 Å². The van der Waals surface area contributed by atoms with E-state index in [1.54, 1.807) is 0 Å². The molecule has 0 aromatic carbocycles. The summed E-state index contributed by atoms with van der Waals surface area (Å²) in [5, 5.41) is 4.04. The third-order valence-electron chi connectivity index (χ3n) is 4.67. The molecule has 5 nitrogen and oxygen atoms in total. The molecule has 2 aliphatic rings. The number of rotatable bonds is 5. The van der Waals surface area contributed by atoms with Crippen molar-refractivity contribution in [3.8, 4) is 0 Å². The second-order valence-electron chi connectivity index (χ2n) is 6.12. The largest absolute Gasteiger partial charge is 0.326 e. The monoisotopic (exact) mass is 265 g/mol. The van der Waals surface area contributed by atoms with Gasteiger partial charge in [0.2, 0.25) is 0 Å². The maximum atomic E-state index is 8.81. The van der Waals surface area contributed by atoms with E-state index < -0.39 is 0 Å². The van der Waals surface area contributed by atoms with Gasteiger partial charge in [0, 0.05) is 17.5 Å². The molecule has 2 N–H and O–H groups in total. The maximum absolute atomic E-state index is 8.81. The third kappa shape index (κ3) is 4.37. The molecular formula is C14H27N5. The molecule has 108 valence electrons. The quantitative estimate of drug-likeness (QED) is 0.471. The molecule has 2 fully saturated rings. The standard InChI is InChI=1S/C14H27N5/c15-13(11-19-9-5-2-6-10-19)14(17-18-16)12-7-3-1-4-8-12/h12-14H,1-11,15H2/t13-,14+/m1/s1. The van der Waals surface area contributed by atoms with Crippen molar-refractivity contribution >= 4 is 0 Å². The minimum atomic E-state index is -0.00720. The summed E-state index contributed by atoms with van der Waals surface area (Å²) < 4.78 is 0. The molecule has 1 saturated heterocycles. The van der Waals surface area contributed by atoms with Crippen LogP contribution in [-0.2, 0) is 0 Å². The van der Waals surface area contributed by atoms with Gasteiger partial charge in [0.15, 0.2) is 0 Å². The van der Waals surface area contributed by atoms with Gasteiger partial charge in [-0.3, -0.25) is 0 Å². The molecule has 1 heterocycles.